The molecule has 2 rings (SSSR count). The van der Waals surface area contributed by atoms with E-state index < -0.39 is 12.4 Å². The molecule has 1 aromatic heterocycles. The van der Waals surface area contributed by atoms with Gasteiger partial charge in [-0.25, -0.2) is 4.98 Å². The van der Waals surface area contributed by atoms with Crippen LogP contribution in [0.5, 0.6) is 5.75 Å². The average Bonchev–Trinajstić information content (AvgIpc) is 2.45. The molecule has 0 spiro atoms. The summed E-state index contributed by atoms with van der Waals surface area (Å²) in [6.07, 6.45) is 1.47. The van der Waals surface area contributed by atoms with Gasteiger partial charge >= 0.3 is 58.4 Å². The van der Waals surface area contributed by atoms with Crippen LogP contribution in [-0.2, 0) is 6.61 Å². The van der Waals surface area contributed by atoms with E-state index in [1.54, 1.807) is 12.1 Å². The van der Waals surface area contributed by atoms with E-state index in [0.29, 0.717) is 5.56 Å². The maximum atomic E-state index is 12.6. The molecule has 2 aromatic rings. The normalized spacial score (nSPS) is 10.4. The number of hydrogen-bond acceptors (Lipinski definition) is 3. The molecule has 0 amide bonds. The summed E-state index contributed by atoms with van der Waals surface area (Å²) < 4.78 is 43.1. The molecule has 1 aromatic carbocycles. The Kier molecular flexibility index (Phi) is 6.90. The summed E-state index contributed by atoms with van der Waals surface area (Å²) in [7, 11) is 0. The number of nitrogens with zero attached hydrogens (tertiary/aromatic N) is 2. The third kappa shape index (κ3) is 5.13. The molecule has 102 valence electrons. The first-order chi connectivity index (χ1) is 9.50. The molecule has 8 heteroatoms. The summed E-state index contributed by atoms with van der Waals surface area (Å²) >= 11 is 0. The van der Waals surface area contributed by atoms with E-state index in [9.17, 15) is 12.9 Å². The summed E-state index contributed by atoms with van der Waals surface area (Å²) in [6, 6.07) is 9.84. The number of rotatable bonds is 4. The number of hydrogen-bond donors (Lipinski definition) is 0. The van der Waals surface area contributed by atoms with Gasteiger partial charge in [0.2, 0.25) is 0 Å². The molecule has 21 heavy (non-hydrogen) atoms. The Morgan fingerprint density at radius 1 is 1.19 bits per heavy atom. The molecule has 0 atom stereocenters. The first-order valence-electron chi connectivity index (χ1n) is 5.77. The number of benzene rings is 1. The van der Waals surface area contributed by atoms with Gasteiger partial charge in [-0.15, -0.1) is 5.46 Å². The maximum Gasteiger partial charge on any atom is 1.00 e. The van der Waals surface area contributed by atoms with E-state index in [-0.39, 0.29) is 69.4 Å². The molecule has 1 heterocycles. The number of halogens is 3. The van der Waals surface area contributed by atoms with Gasteiger partial charge in [0.1, 0.15) is 24.1 Å². The van der Waals surface area contributed by atoms with Gasteiger partial charge in [-0.3, -0.25) is 0 Å². The third-order valence-corrected chi connectivity index (χ3v) is 2.63. The van der Waals surface area contributed by atoms with Crippen molar-refractivity contribution in [2.45, 2.75) is 6.61 Å². The molecule has 0 saturated heterocycles. The third-order valence-electron chi connectivity index (χ3n) is 2.63. The summed E-state index contributed by atoms with van der Waals surface area (Å²) in [6.45, 7) is -5.06. The van der Waals surface area contributed by atoms with Gasteiger partial charge in [0.15, 0.2) is 0 Å². The van der Waals surface area contributed by atoms with E-state index >= 15 is 0 Å². The minimum Gasteiger partial charge on any atom is -0.489 e. The van der Waals surface area contributed by atoms with Crippen LogP contribution >= 0.6 is 0 Å². The van der Waals surface area contributed by atoms with E-state index in [1.807, 2.05) is 6.07 Å². The smallest absolute Gasteiger partial charge is 0.489 e. The van der Waals surface area contributed by atoms with E-state index in [2.05, 4.69) is 4.98 Å². The number of pyridine rings is 1. The second kappa shape index (κ2) is 7.96. The van der Waals surface area contributed by atoms with Crippen molar-refractivity contribution in [1.29, 1.82) is 5.26 Å². The molecule has 3 nitrogen and oxygen atoms in total. The molecule has 0 aliphatic carbocycles. The molecule has 0 N–H and O–H groups in total. The van der Waals surface area contributed by atoms with Crippen molar-refractivity contribution in [3.05, 3.63) is 53.9 Å². The molecular formula is C13H9BF3KN2O. The van der Waals surface area contributed by atoms with Gasteiger partial charge < -0.3 is 17.7 Å². The zero-order valence-corrected chi connectivity index (χ0v) is 14.4. The van der Waals surface area contributed by atoms with Gasteiger partial charge in [0.25, 0.3) is 0 Å². The zero-order valence-electron chi connectivity index (χ0n) is 11.3. The first kappa shape index (κ1) is 18.2. The van der Waals surface area contributed by atoms with Crippen molar-refractivity contribution in [3.63, 3.8) is 0 Å². The minimum atomic E-state index is -5.05. The molecular weight excluding hydrogens is 307 g/mol. The van der Waals surface area contributed by atoms with Crippen LogP contribution in [0.15, 0.2) is 42.6 Å². The predicted molar refractivity (Wildman–Crippen MR) is 68.4 cm³/mol. The van der Waals surface area contributed by atoms with Gasteiger partial charge in [-0.2, -0.15) is 5.26 Å². The van der Waals surface area contributed by atoms with Crippen molar-refractivity contribution in [2.24, 2.45) is 0 Å². The monoisotopic (exact) mass is 316 g/mol. The van der Waals surface area contributed by atoms with Crippen LogP contribution in [0.25, 0.3) is 0 Å². The number of ether oxygens (including phenoxy) is 1. The minimum absolute atomic E-state index is 0. The van der Waals surface area contributed by atoms with Crippen LogP contribution in [0.2, 0.25) is 0 Å². The summed E-state index contributed by atoms with van der Waals surface area (Å²) in [5.74, 6) is 0.106. The van der Waals surface area contributed by atoms with Crippen molar-refractivity contribution < 1.29 is 69.1 Å². The SMILES string of the molecule is N#Cc1ncccc1COc1cccc([B-](F)(F)F)c1.[K+]. The second-order valence-corrected chi connectivity index (χ2v) is 4.06. The Labute approximate surface area is 162 Å². The van der Waals surface area contributed by atoms with Crippen LogP contribution in [0.4, 0.5) is 12.9 Å². The number of aromatic nitrogens is 1. The summed E-state index contributed by atoms with van der Waals surface area (Å²) in [4.78, 5) is 3.85. The van der Waals surface area contributed by atoms with Crippen LogP contribution in [0.3, 0.4) is 0 Å². The fraction of sp³-hybridized carbons (Fsp3) is 0.0769. The Morgan fingerprint density at radius 3 is 2.62 bits per heavy atom. The molecule has 0 radical (unpaired) electrons. The van der Waals surface area contributed by atoms with E-state index in [1.165, 1.54) is 18.3 Å². The van der Waals surface area contributed by atoms with Gasteiger partial charge in [0.05, 0.1) is 0 Å². The van der Waals surface area contributed by atoms with Crippen molar-refractivity contribution in [1.82, 2.24) is 4.98 Å². The zero-order chi connectivity index (χ0) is 14.6. The van der Waals surface area contributed by atoms with Crippen molar-refractivity contribution in [3.8, 4) is 11.8 Å². The fourth-order valence-electron chi connectivity index (χ4n) is 1.62. The molecule has 0 unspecified atom stereocenters. The molecule has 0 saturated carbocycles. The summed E-state index contributed by atoms with van der Waals surface area (Å²) in [5, 5.41) is 8.85. The standard InChI is InChI=1S/C13H9BF3N2O.K/c15-14(16,17)11-4-1-5-12(7-11)20-9-10-3-2-6-19-13(10)8-18;/h1-7H,9H2;/q-1;+1. The maximum absolute atomic E-state index is 12.6. The first-order valence-corrected chi connectivity index (χ1v) is 5.77. The Balaban J connectivity index is 0.00000220. The van der Waals surface area contributed by atoms with Crippen LogP contribution in [0.1, 0.15) is 11.3 Å². The second-order valence-electron chi connectivity index (χ2n) is 4.06. The summed E-state index contributed by atoms with van der Waals surface area (Å²) in [5.41, 5.74) is 0.0100. The van der Waals surface area contributed by atoms with Crippen molar-refractivity contribution in [2.75, 3.05) is 0 Å². The Hall–Kier alpha value is -0.849. The van der Waals surface area contributed by atoms with Gasteiger partial charge in [-0.1, -0.05) is 18.2 Å². The fourth-order valence-corrected chi connectivity index (χ4v) is 1.62. The molecule has 0 bridgehead atoms. The largest absolute Gasteiger partial charge is 1.00 e. The molecule has 0 fully saturated rings. The predicted octanol–water partition coefficient (Wildman–Crippen LogP) is -0.409. The van der Waals surface area contributed by atoms with Crippen LogP contribution < -0.4 is 61.6 Å². The van der Waals surface area contributed by atoms with E-state index in [4.69, 9.17) is 10.00 Å². The Bertz CT molecular complexity index is 658. The van der Waals surface area contributed by atoms with Crippen molar-refractivity contribution >= 4 is 12.4 Å². The average molecular weight is 316 g/mol. The molecule has 0 aliphatic heterocycles. The quantitative estimate of drug-likeness (QED) is 0.721. The van der Waals surface area contributed by atoms with Gasteiger partial charge in [0, 0.05) is 11.8 Å². The number of nitriles is 1. The van der Waals surface area contributed by atoms with Gasteiger partial charge in [-0.05, 0) is 18.2 Å². The molecule has 0 aliphatic rings. The van der Waals surface area contributed by atoms with Crippen LogP contribution in [-0.4, -0.2) is 12.0 Å². The topological polar surface area (TPSA) is 45.9 Å². The Morgan fingerprint density at radius 2 is 1.95 bits per heavy atom. The van der Waals surface area contributed by atoms with Crippen LogP contribution in [0, 0.1) is 11.3 Å². The van der Waals surface area contributed by atoms with E-state index in [0.717, 1.165) is 12.1 Å².